The molecule has 6 nitrogen and oxygen atoms in total. The van der Waals surface area contributed by atoms with Gasteiger partial charge in [-0.15, -0.1) is 0 Å². The van der Waals surface area contributed by atoms with Crippen molar-refractivity contribution in [3.05, 3.63) is 52.5 Å². The molecule has 0 aliphatic carbocycles. The number of carbonyl (C=O) groups is 1. The highest BCUT2D eigenvalue weighted by Gasteiger charge is 2.24. The second-order valence-electron chi connectivity index (χ2n) is 5.03. The Labute approximate surface area is 149 Å². The lowest BCUT2D eigenvalue weighted by Gasteiger charge is -2.15. The quantitative estimate of drug-likeness (QED) is 0.867. The molecule has 126 valence electrons. The van der Waals surface area contributed by atoms with Crippen molar-refractivity contribution in [2.24, 2.45) is 0 Å². The summed E-state index contributed by atoms with van der Waals surface area (Å²) in [6.45, 7) is 0.717. The van der Waals surface area contributed by atoms with Crippen LogP contribution in [0.3, 0.4) is 0 Å². The molecule has 1 aliphatic heterocycles. The molecule has 1 amide bonds. The third-order valence-corrected chi connectivity index (χ3v) is 5.11. The monoisotopic (exact) mass is 386 g/mol. The van der Waals surface area contributed by atoms with Crippen LogP contribution in [0, 0.1) is 0 Å². The van der Waals surface area contributed by atoms with E-state index in [0.29, 0.717) is 24.5 Å². The molecule has 3 rings (SSSR count). The first kappa shape index (κ1) is 16.9. The lowest BCUT2D eigenvalue weighted by molar-refractivity contribution is 0.181. The molecule has 0 aromatic heterocycles. The molecule has 1 aliphatic rings. The van der Waals surface area contributed by atoms with Gasteiger partial charge in [-0.25, -0.2) is 13.2 Å². The van der Waals surface area contributed by atoms with Crippen LogP contribution in [-0.4, -0.2) is 27.7 Å². The number of sulfonamides is 1. The molecule has 1 saturated heterocycles. The summed E-state index contributed by atoms with van der Waals surface area (Å²) in [5.74, 6) is 0. The Morgan fingerprint density at radius 1 is 1.08 bits per heavy atom. The number of halogens is 2. The molecule has 0 radical (unpaired) electrons. The first-order chi connectivity index (χ1) is 11.3. The average Bonchev–Trinajstić information content (AvgIpc) is 2.92. The summed E-state index contributed by atoms with van der Waals surface area (Å²) >= 11 is 11.7. The first-order valence-corrected chi connectivity index (χ1v) is 9.12. The highest BCUT2D eigenvalue weighted by Crippen LogP contribution is 2.26. The second kappa shape index (κ2) is 6.51. The van der Waals surface area contributed by atoms with Gasteiger partial charge in [0.15, 0.2) is 0 Å². The fourth-order valence-corrected chi connectivity index (χ4v) is 4.04. The summed E-state index contributed by atoms with van der Waals surface area (Å²) in [7, 11) is -3.87. The number of amides is 1. The van der Waals surface area contributed by atoms with Gasteiger partial charge in [0.05, 0.1) is 17.1 Å². The second-order valence-corrected chi connectivity index (χ2v) is 7.58. The van der Waals surface area contributed by atoms with E-state index >= 15 is 0 Å². The SMILES string of the molecule is O=C1OCCN1c1cccc(NS(=O)(=O)c2cc(Cl)cc(Cl)c2)c1. The van der Waals surface area contributed by atoms with Gasteiger partial charge in [0.25, 0.3) is 10.0 Å². The summed E-state index contributed by atoms with van der Waals surface area (Å²) in [5.41, 5.74) is 0.852. The minimum Gasteiger partial charge on any atom is -0.447 e. The number of nitrogens with zero attached hydrogens (tertiary/aromatic N) is 1. The molecule has 0 atom stereocenters. The standard InChI is InChI=1S/C15H12Cl2N2O4S/c16-10-6-11(17)8-14(7-10)24(21,22)18-12-2-1-3-13(9-12)19-4-5-23-15(19)20/h1-3,6-9,18H,4-5H2. The summed E-state index contributed by atoms with van der Waals surface area (Å²) < 4.78 is 32.3. The minimum absolute atomic E-state index is 0.0500. The number of anilines is 2. The zero-order chi connectivity index (χ0) is 17.3. The van der Waals surface area contributed by atoms with E-state index in [4.69, 9.17) is 27.9 Å². The van der Waals surface area contributed by atoms with Crippen molar-refractivity contribution < 1.29 is 17.9 Å². The van der Waals surface area contributed by atoms with Gasteiger partial charge >= 0.3 is 6.09 Å². The predicted molar refractivity (Wildman–Crippen MR) is 92.4 cm³/mol. The highest BCUT2D eigenvalue weighted by molar-refractivity contribution is 7.92. The van der Waals surface area contributed by atoms with Gasteiger partial charge in [-0.2, -0.15) is 0 Å². The highest BCUT2D eigenvalue weighted by atomic mass is 35.5. The maximum Gasteiger partial charge on any atom is 0.414 e. The number of ether oxygens (including phenoxy) is 1. The molecule has 1 fully saturated rings. The Kier molecular flexibility index (Phi) is 4.58. The normalized spacial score (nSPS) is 14.6. The molecule has 2 aromatic carbocycles. The fraction of sp³-hybridized carbons (Fsp3) is 0.133. The van der Waals surface area contributed by atoms with Crippen LogP contribution in [0.2, 0.25) is 10.0 Å². The lowest BCUT2D eigenvalue weighted by Crippen LogP contribution is -2.23. The van der Waals surface area contributed by atoms with Crippen molar-refractivity contribution in [1.29, 1.82) is 0 Å². The third-order valence-electron chi connectivity index (χ3n) is 3.32. The van der Waals surface area contributed by atoms with Crippen LogP contribution in [0.25, 0.3) is 0 Å². The van der Waals surface area contributed by atoms with Gasteiger partial charge in [-0.3, -0.25) is 9.62 Å². The smallest absolute Gasteiger partial charge is 0.414 e. The number of nitrogens with one attached hydrogen (secondary N) is 1. The van der Waals surface area contributed by atoms with E-state index in [1.807, 2.05) is 0 Å². The van der Waals surface area contributed by atoms with Crippen LogP contribution in [0.5, 0.6) is 0 Å². The molecular formula is C15H12Cl2N2O4S. The maximum absolute atomic E-state index is 12.5. The Bertz CT molecular complexity index is 882. The van der Waals surface area contributed by atoms with E-state index in [1.165, 1.54) is 23.1 Å². The largest absolute Gasteiger partial charge is 0.447 e. The van der Waals surface area contributed by atoms with Crippen molar-refractivity contribution in [2.45, 2.75) is 4.90 Å². The topological polar surface area (TPSA) is 75.7 Å². The molecule has 2 aromatic rings. The predicted octanol–water partition coefficient (Wildman–Crippen LogP) is 3.75. The van der Waals surface area contributed by atoms with Gasteiger partial charge in [-0.05, 0) is 36.4 Å². The minimum atomic E-state index is -3.87. The fourth-order valence-electron chi connectivity index (χ4n) is 2.26. The molecule has 0 saturated carbocycles. The number of cyclic esters (lactones) is 1. The Balaban J connectivity index is 1.89. The van der Waals surface area contributed by atoms with E-state index < -0.39 is 16.1 Å². The number of hydrogen-bond acceptors (Lipinski definition) is 4. The third kappa shape index (κ3) is 3.58. The summed E-state index contributed by atoms with van der Waals surface area (Å²) in [4.78, 5) is 13.0. The van der Waals surface area contributed by atoms with Crippen LogP contribution in [0.15, 0.2) is 47.4 Å². The van der Waals surface area contributed by atoms with Gasteiger partial charge in [0.1, 0.15) is 6.61 Å². The number of benzene rings is 2. The number of rotatable bonds is 4. The van der Waals surface area contributed by atoms with Crippen LogP contribution in [0.1, 0.15) is 0 Å². The Morgan fingerprint density at radius 2 is 1.79 bits per heavy atom. The van der Waals surface area contributed by atoms with Crippen LogP contribution >= 0.6 is 23.2 Å². The van der Waals surface area contributed by atoms with E-state index in [2.05, 4.69) is 4.72 Å². The van der Waals surface area contributed by atoms with E-state index in [-0.39, 0.29) is 14.9 Å². The van der Waals surface area contributed by atoms with Crippen molar-refractivity contribution in [1.82, 2.24) is 0 Å². The molecule has 24 heavy (non-hydrogen) atoms. The lowest BCUT2D eigenvalue weighted by atomic mass is 10.2. The summed E-state index contributed by atoms with van der Waals surface area (Å²) in [6.07, 6.45) is -0.461. The van der Waals surface area contributed by atoms with Gasteiger partial charge < -0.3 is 4.74 Å². The van der Waals surface area contributed by atoms with Crippen molar-refractivity contribution in [3.63, 3.8) is 0 Å². The average molecular weight is 387 g/mol. The molecule has 9 heteroatoms. The zero-order valence-corrected chi connectivity index (χ0v) is 14.5. The van der Waals surface area contributed by atoms with Gasteiger partial charge in [-0.1, -0.05) is 29.3 Å². The molecular weight excluding hydrogens is 375 g/mol. The van der Waals surface area contributed by atoms with E-state index in [1.54, 1.807) is 24.3 Å². The van der Waals surface area contributed by atoms with Crippen molar-refractivity contribution in [2.75, 3.05) is 22.8 Å². The van der Waals surface area contributed by atoms with Crippen LogP contribution in [-0.2, 0) is 14.8 Å². The molecule has 1 N–H and O–H groups in total. The number of carbonyl (C=O) groups excluding carboxylic acids is 1. The maximum atomic E-state index is 12.5. The zero-order valence-electron chi connectivity index (χ0n) is 12.2. The molecule has 0 unspecified atom stereocenters. The van der Waals surface area contributed by atoms with Gasteiger partial charge in [0, 0.05) is 15.7 Å². The molecule has 0 spiro atoms. The van der Waals surface area contributed by atoms with Crippen LogP contribution in [0.4, 0.5) is 16.2 Å². The van der Waals surface area contributed by atoms with Crippen LogP contribution < -0.4 is 9.62 Å². The van der Waals surface area contributed by atoms with Gasteiger partial charge in [0.2, 0.25) is 0 Å². The van der Waals surface area contributed by atoms with E-state index in [9.17, 15) is 13.2 Å². The van der Waals surface area contributed by atoms with Crippen molar-refractivity contribution in [3.8, 4) is 0 Å². The summed E-state index contributed by atoms with van der Waals surface area (Å²) in [6, 6.07) is 10.5. The molecule has 0 bridgehead atoms. The van der Waals surface area contributed by atoms with Crippen molar-refractivity contribution >= 4 is 50.7 Å². The Hall–Kier alpha value is -1.96. The van der Waals surface area contributed by atoms with E-state index in [0.717, 1.165) is 0 Å². The Morgan fingerprint density at radius 3 is 2.42 bits per heavy atom. The molecule has 1 heterocycles. The first-order valence-electron chi connectivity index (χ1n) is 6.88. The number of hydrogen-bond donors (Lipinski definition) is 1. The summed E-state index contributed by atoms with van der Waals surface area (Å²) in [5, 5.41) is 0.438.